The first-order chi connectivity index (χ1) is 2.91. The minimum atomic E-state index is 1.50. The third-order valence-electron chi connectivity index (χ3n) is 0.167. The van der Waals surface area contributed by atoms with Crippen molar-refractivity contribution in [1.82, 2.24) is 0 Å². The van der Waals surface area contributed by atoms with Crippen molar-refractivity contribution in [3.63, 3.8) is 0 Å². The Labute approximate surface area is 39.2 Å². The van der Waals surface area contributed by atoms with E-state index in [1.165, 1.54) is 7.05 Å². The van der Waals surface area contributed by atoms with Crippen molar-refractivity contribution in [2.45, 2.75) is 0 Å². The van der Waals surface area contributed by atoms with Gasteiger partial charge in [-0.25, -0.2) is 0 Å². The Balaban J connectivity index is 0. The molecule has 0 aromatic rings. The van der Waals surface area contributed by atoms with Gasteiger partial charge in [0.05, 0.1) is 0 Å². The second-order valence-electron chi connectivity index (χ2n) is 0.471. The highest BCUT2D eigenvalue weighted by atomic mass is 14.4. The summed E-state index contributed by atoms with van der Waals surface area (Å²) in [5, 5.41) is 0. The van der Waals surface area contributed by atoms with Gasteiger partial charge in [-0.15, -0.1) is 0 Å². The van der Waals surface area contributed by atoms with Crippen LogP contribution >= 0.6 is 0 Å². The summed E-state index contributed by atoms with van der Waals surface area (Å²) in [5.74, 6) is 0. The van der Waals surface area contributed by atoms with Crippen LogP contribution in [0.1, 0.15) is 0 Å². The molecule has 0 aliphatic rings. The zero-order valence-corrected chi connectivity index (χ0v) is 4.15. The van der Waals surface area contributed by atoms with Crippen LogP contribution in [0.4, 0.5) is 0 Å². The fourth-order valence-corrected chi connectivity index (χ4v) is 0. The van der Waals surface area contributed by atoms with Crippen LogP contribution in [-0.2, 0) is 0 Å². The number of hydrogen-bond acceptors (Lipinski definition) is 1. The molecule has 2 N–H and O–H groups in total. The quantitative estimate of drug-likeness (QED) is 0.471. The fourth-order valence-electron chi connectivity index (χ4n) is 0. The molecular weight excluding hydrogens is 74.1 g/mol. The Morgan fingerprint density at radius 1 is 1.17 bits per heavy atom. The number of hydrogen-bond donors (Lipinski definition) is 1. The van der Waals surface area contributed by atoms with Crippen LogP contribution in [0.15, 0.2) is 25.3 Å². The second kappa shape index (κ2) is 25.3. The highest BCUT2D eigenvalue weighted by Crippen LogP contribution is 1.52. The van der Waals surface area contributed by atoms with E-state index in [4.69, 9.17) is 0 Å². The predicted octanol–water partition coefficient (Wildman–Crippen LogP) is 0.933. The Morgan fingerprint density at radius 3 is 1.33 bits per heavy atom. The van der Waals surface area contributed by atoms with Crippen molar-refractivity contribution in [2.75, 3.05) is 7.05 Å². The molecule has 0 aliphatic heterocycles. The summed E-state index contributed by atoms with van der Waals surface area (Å²) in [6.45, 7) is 6.72. The van der Waals surface area contributed by atoms with Gasteiger partial charge in [-0.1, -0.05) is 25.3 Å². The van der Waals surface area contributed by atoms with Gasteiger partial charge in [0.2, 0.25) is 0 Å². The minimum Gasteiger partial charge on any atom is -0.333 e. The molecule has 0 saturated carbocycles. The molecule has 0 rings (SSSR count). The van der Waals surface area contributed by atoms with Crippen LogP contribution in [0.25, 0.3) is 0 Å². The predicted molar refractivity (Wildman–Crippen MR) is 30.5 cm³/mol. The molecule has 0 radical (unpaired) electrons. The lowest BCUT2D eigenvalue weighted by Gasteiger charge is -1.44. The molecule has 1 nitrogen and oxygen atoms in total. The van der Waals surface area contributed by atoms with Gasteiger partial charge in [0.15, 0.2) is 0 Å². The van der Waals surface area contributed by atoms with Gasteiger partial charge in [-0.3, -0.25) is 0 Å². The maximum atomic E-state index is 4.50. The molecular formula is C5H11N. The number of allylic oxidation sites excluding steroid dienone is 2. The monoisotopic (exact) mass is 85.1 g/mol. The highest BCUT2D eigenvalue weighted by Gasteiger charge is 1.29. The van der Waals surface area contributed by atoms with Crippen LogP contribution in [-0.4, -0.2) is 7.05 Å². The summed E-state index contributed by atoms with van der Waals surface area (Å²) >= 11 is 0. The van der Waals surface area contributed by atoms with E-state index in [-0.39, 0.29) is 0 Å². The van der Waals surface area contributed by atoms with E-state index in [0.717, 1.165) is 0 Å². The third kappa shape index (κ3) is 106. The normalized spacial score (nSPS) is 4.33. The van der Waals surface area contributed by atoms with Crippen LogP contribution in [0.3, 0.4) is 0 Å². The van der Waals surface area contributed by atoms with E-state index in [9.17, 15) is 0 Å². The molecule has 0 heterocycles. The molecule has 0 bridgehead atoms. The molecule has 0 aromatic carbocycles. The standard InChI is InChI=1S/C4H6.CH5N/c1-3-4-2;1-2/h3-4H,1-2H2;2H2,1H3. The number of rotatable bonds is 1. The van der Waals surface area contributed by atoms with Gasteiger partial charge in [0.1, 0.15) is 0 Å². The average molecular weight is 85.2 g/mol. The van der Waals surface area contributed by atoms with Crippen LogP contribution in [0.5, 0.6) is 0 Å². The summed E-state index contributed by atoms with van der Waals surface area (Å²) in [5.41, 5.74) is 4.50. The van der Waals surface area contributed by atoms with Crippen molar-refractivity contribution in [2.24, 2.45) is 5.73 Å². The maximum absolute atomic E-state index is 4.50. The van der Waals surface area contributed by atoms with Crippen molar-refractivity contribution < 1.29 is 0 Å². The van der Waals surface area contributed by atoms with E-state index < -0.39 is 0 Å². The van der Waals surface area contributed by atoms with E-state index >= 15 is 0 Å². The molecule has 6 heavy (non-hydrogen) atoms. The van der Waals surface area contributed by atoms with Crippen molar-refractivity contribution in [3.8, 4) is 0 Å². The Kier molecular flexibility index (Phi) is 38.3. The second-order valence-corrected chi connectivity index (χ2v) is 0.471. The van der Waals surface area contributed by atoms with Crippen molar-refractivity contribution in [3.05, 3.63) is 25.3 Å². The van der Waals surface area contributed by atoms with Gasteiger partial charge >= 0.3 is 0 Å². The Morgan fingerprint density at radius 2 is 1.33 bits per heavy atom. The largest absolute Gasteiger partial charge is 0.333 e. The zero-order chi connectivity index (χ0) is 5.41. The first-order valence-electron chi connectivity index (χ1n) is 1.73. The summed E-state index contributed by atoms with van der Waals surface area (Å²) < 4.78 is 0. The fraction of sp³-hybridized carbons (Fsp3) is 0.200. The molecule has 0 atom stereocenters. The number of nitrogens with two attached hydrogens (primary N) is 1. The highest BCUT2D eigenvalue weighted by molar-refractivity contribution is 4.88. The summed E-state index contributed by atoms with van der Waals surface area (Å²) in [7, 11) is 1.50. The molecule has 0 saturated heterocycles. The molecule has 0 amide bonds. The van der Waals surface area contributed by atoms with Crippen molar-refractivity contribution in [1.29, 1.82) is 0 Å². The lowest BCUT2D eigenvalue weighted by atomic mass is 10.6. The van der Waals surface area contributed by atoms with Gasteiger partial charge in [0.25, 0.3) is 0 Å². The SMILES string of the molecule is C=CC=C.CN. The van der Waals surface area contributed by atoms with E-state index in [0.29, 0.717) is 0 Å². The van der Waals surface area contributed by atoms with Gasteiger partial charge in [-0.05, 0) is 7.05 Å². The Hall–Kier alpha value is -0.560. The van der Waals surface area contributed by atoms with Crippen LogP contribution in [0, 0.1) is 0 Å². The summed E-state index contributed by atoms with van der Waals surface area (Å²) in [6.07, 6.45) is 3.28. The summed E-state index contributed by atoms with van der Waals surface area (Å²) in [4.78, 5) is 0. The first kappa shape index (κ1) is 9.06. The topological polar surface area (TPSA) is 26.0 Å². The molecule has 36 valence electrons. The van der Waals surface area contributed by atoms with E-state index in [1.54, 1.807) is 12.2 Å². The molecule has 0 aliphatic carbocycles. The molecule has 1 heteroatoms. The Bertz CT molecular complexity index is 24.9. The van der Waals surface area contributed by atoms with Crippen molar-refractivity contribution >= 4 is 0 Å². The van der Waals surface area contributed by atoms with Gasteiger partial charge in [-0.2, -0.15) is 0 Å². The average Bonchev–Trinajstić information content (AvgIpc) is 1.72. The first-order valence-corrected chi connectivity index (χ1v) is 1.73. The van der Waals surface area contributed by atoms with Crippen LogP contribution in [0.2, 0.25) is 0 Å². The third-order valence-corrected chi connectivity index (χ3v) is 0.167. The summed E-state index contributed by atoms with van der Waals surface area (Å²) in [6, 6.07) is 0. The van der Waals surface area contributed by atoms with E-state index in [2.05, 4.69) is 18.9 Å². The molecule has 0 unspecified atom stereocenters. The van der Waals surface area contributed by atoms with Crippen LogP contribution < -0.4 is 5.73 Å². The zero-order valence-electron chi connectivity index (χ0n) is 4.15. The van der Waals surface area contributed by atoms with Gasteiger partial charge < -0.3 is 5.73 Å². The molecule has 0 spiro atoms. The molecule has 0 aromatic heterocycles. The van der Waals surface area contributed by atoms with E-state index in [1.807, 2.05) is 0 Å². The maximum Gasteiger partial charge on any atom is -0.0195 e. The smallest absolute Gasteiger partial charge is 0.0195 e. The lowest BCUT2D eigenvalue weighted by molar-refractivity contribution is 1.48. The lowest BCUT2D eigenvalue weighted by Crippen LogP contribution is -1.69. The molecule has 0 fully saturated rings. The minimum absolute atomic E-state index is 1.50. The van der Waals surface area contributed by atoms with Gasteiger partial charge in [0, 0.05) is 0 Å².